The van der Waals surface area contributed by atoms with Crippen LogP contribution in [0.4, 0.5) is 0 Å². The lowest BCUT2D eigenvalue weighted by Gasteiger charge is -2.07. The van der Waals surface area contributed by atoms with Crippen molar-refractivity contribution < 1.29 is 23.5 Å². The fourth-order valence-electron chi connectivity index (χ4n) is 2.99. The Labute approximate surface area is 155 Å². The number of hydrazine groups is 1. The highest BCUT2D eigenvalue weighted by Gasteiger charge is 2.18. The summed E-state index contributed by atoms with van der Waals surface area (Å²) in [5.74, 6) is 0.792. The van der Waals surface area contributed by atoms with Crippen molar-refractivity contribution in [1.29, 1.82) is 0 Å². The maximum Gasteiger partial charge on any atom is 0.305 e. The number of para-hydroxylation sites is 1. The molecule has 0 fully saturated rings. The molecule has 7 nitrogen and oxygen atoms in total. The zero-order chi connectivity index (χ0) is 18.8. The molecule has 7 heteroatoms. The molecule has 27 heavy (non-hydrogen) atoms. The Morgan fingerprint density at radius 1 is 1.04 bits per heavy atom. The van der Waals surface area contributed by atoms with E-state index in [4.69, 9.17) is 13.9 Å². The van der Waals surface area contributed by atoms with Crippen LogP contribution in [0.2, 0.25) is 0 Å². The molecule has 138 valence electrons. The Bertz CT molecular complexity index is 1020. The van der Waals surface area contributed by atoms with Gasteiger partial charge in [0.05, 0.1) is 0 Å². The first-order chi connectivity index (χ1) is 13.1. The van der Waals surface area contributed by atoms with Crippen LogP contribution < -0.4 is 20.3 Å². The van der Waals surface area contributed by atoms with Crippen molar-refractivity contribution in [2.45, 2.75) is 19.8 Å². The summed E-state index contributed by atoms with van der Waals surface area (Å²) in [5.41, 5.74) is 7.14. The Morgan fingerprint density at radius 3 is 2.70 bits per heavy atom. The Hall–Kier alpha value is -3.48. The van der Waals surface area contributed by atoms with E-state index >= 15 is 0 Å². The number of furan rings is 1. The summed E-state index contributed by atoms with van der Waals surface area (Å²) in [6.07, 6.45) is 0.737. The standard InChI is InChI=1S/C20H18N2O5/c1-12-14-4-2-3-5-15(14)27-19(12)20(24)22-21-18(23)9-7-13-6-8-16-17(10-13)26-11-25-16/h2-6,8,10H,7,9,11H2,1H3,(H,21,23)(H,22,24). The number of fused-ring (bicyclic) bond motifs is 2. The average molecular weight is 366 g/mol. The van der Waals surface area contributed by atoms with Crippen LogP contribution in [0.1, 0.15) is 28.1 Å². The predicted molar refractivity (Wildman–Crippen MR) is 97.4 cm³/mol. The third-order valence-electron chi connectivity index (χ3n) is 4.44. The summed E-state index contributed by atoms with van der Waals surface area (Å²) in [6, 6.07) is 13.0. The Morgan fingerprint density at radius 2 is 1.85 bits per heavy atom. The van der Waals surface area contributed by atoms with Gasteiger partial charge in [-0.1, -0.05) is 24.3 Å². The molecule has 0 saturated carbocycles. The molecule has 4 rings (SSSR count). The number of carbonyl (C=O) groups is 2. The Kier molecular flexibility index (Phi) is 4.42. The van der Waals surface area contributed by atoms with E-state index in [9.17, 15) is 9.59 Å². The molecule has 0 unspecified atom stereocenters. The van der Waals surface area contributed by atoms with Gasteiger partial charge in [0.15, 0.2) is 17.3 Å². The van der Waals surface area contributed by atoms with Crippen LogP contribution in [-0.2, 0) is 11.2 Å². The number of carbonyl (C=O) groups excluding carboxylic acids is 2. The van der Waals surface area contributed by atoms with E-state index in [0.29, 0.717) is 23.5 Å². The molecule has 2 aromatic carbocycles. The number of benzene rings is 2. The number of hydrogen-bond donors (Lipinski definition) is 2. The lowest BCUT2D eigenvalue weighted by Crippen LogP contribution is -2.41. The minimum atomic E-state index is -0.486. The summed E-state index contributed by atoms with van der Waals surface area (Å²) < 4.78 is 16.2. The monoisotopic (exact) mass is 366 g/mol. The first-order valence-electron chi connectivity index (χ1n) is 8.57. The van der Waals surface area contributed by atoms with E-state index in [0.717, 1.165) is 16.5 Å². The molecule has 2 N–H and O–H groups in total. The minimum absolute atomic E-state index is 0.187. The van der Waals surface area contributed by atoms with Crippen molar-refractivity contribution in [2.24, 2.45) is 0 Å². The highest BCUT2D eigenvalue weighted by Crippen LogP contribution is 2.32. The van der Waals surface area contributed by atoms with Gasteiger partial charge in [-0.3, -0.25) is 20.4 Å². The largest absolute Gasteiger partial charge is 0.454 e. The van der Waals surface area contributed by atoms with Crippen molar-refractivity contribution in [3.8, 4) is 11.5 Å². The van der Waals surface area contributed by atoms with Crippen molar-refractivity contribution >= 4 is 22.8 Å². The van der Waals surface area contributed by atoms with Crippen LogP contribution in [0.25, 0.3) is 11.0 Å². The van der Waals surface area contributed by atoms with Crippen LogP contribution in [0.5, 0.6) is 11.5 Å². The van der Waals surface area contributed by atoms with Gasteiger partial charge in [-0.15, -0.1) is 0 Å². The average Bonchev–Trinajstić information content (AvgIpc) is 3.29. The second kappa shape index (κ2) is 7.03. The molecule has 0 radical (unpaired) electrons. The molecule has 1 aliphatic heterocycles. The normalized spacial score (nSPS) is 12.2. The smallest absolute Gasteiger partial charge is 0.305 e. The molecule has 0 spiro atoms. The van der Waals surface area contributed by atoms with Crippen molar-refractivity contribution in [2.75, 3.05) is 6.79 Å². The summed E-state index contributed by atoms with van der Waals surface area (Å²) in [4.78, 5) is 24.3. The first kappa shape index (κ1) is 17.0. The number of aryl methyl sites for hydroxylation is 2. The first-order valence-corrected chi connectivity index (χ1v) is 8.57. The summed E-state index contributed by atoms with van der Waals surface area (Å²) in [5, 5.41) is 0.872. The highest BCUT2D eigenvalue weighted by molar-refractivity contribution is 5.99. The Balaban J connectivity index is 1.32. The quantitative estimate of drug-likeness (QED) is 0.693. The third kappa shape index (κ3) is 3.44. The van der Waals surface area contributed by atoms with Gasteiger partial charge >= 0.3 is 5.91 Å². The molecule has 0 saturated heterocycles. The SMILES string of the molecule is Cc1c(C(=O)NNC(=O)CCc2ccc3c(c2)OCO3)oc2ccccc12. The van der Waals surface area contributed by atoms with E-state index in [1.807, 2.05) is 43.3 Å². The van der Waals surface area contributed by atoms with Gasteiger partial charge in [-0.25, -0.2) is 0 Å². The number of rotatable bonds is 4. The van der Waals surface area contributed by atoms with Crippen molar-refractivity contribution in [3.05, 3.63) is 59.4 Å². The number of ether oxygens (including phenoxy) is 2. The van der Waals surface area contributed by atoms with Gasteiger partial charge in [0, 0.05) is 17.4 Å². The fourth-order valence-corrected chi connectivity index (χ4v) is 2.99. The van der Waals surface area contributed by atoms with Crippen LogP contribution in [0, 0.1) is 6.92 Å². The summed E-state index contributed by atoms with van der Waals surface area (Å²) in [6.45, 7) is 2.02. The van der Waals surface area contributed by atoms with Crippen LogP contribution >= 0.6 is 0 Å². The molecule has 3 aromatic rings. The van der Waals surface area contributed by atoms with E-state index in [1.165, 1.54) is 0 Å². The molecule has 1 aliphatic rings. The van der Waals surface area contributed by atoms with Gasteiger partial charge in [0.1, 0.15) is 5.58 Å². The molecule has 0 bridgehead atoms. The number of hydrogen-bond acceptors (Lipinski definition) is 5. The number of nitrogens with one attached hydrogen (secondary N) is 2. The van der Waals surface area contributed by atoms with E-state index in [2.05, 4.69) is 10.9 Å². The van der Waals surface area contributed by atoms with Gasteiger partial charge in [0.25, 0.3) is 0 Å². The fraction of sp³-hybridized carbons (Fsp3) is 0.200. The molecule has 1 aromatic heterocycles. The summed E-state index contributed by atoms with van der Waals surface area (Å²) >= 11 is 0. The predicted octanol–water partition coefficient (Wildman–Crippen LogP) is 2.86. The highest BCUT2D eigenvalue weighted by atomic mass is 16.7. The molecule has 2 heterocycles. The molecular formula is C20H18N2O5. The van der Waals surface area contributed by atoms with Crippen LogP contribution in [0.3, 0.4) is 0 Å². The molecule has 0 atom stereocenters. The van der Waals surface area contributed by atoms with E-state index in [-0.39, 0.29) is 24.9 Å². The van der Waals surface area contributed by atoms with Crippen molar-refractivity contribution in [3.63, 3.8) is 0 Å². The zero-order valence-electron chi connectivity index (χ0n) is 14.7. The lowest BCUT2D eigenvalue weighted by molar-refractivity contribution is -0.121. The molecular weight excluding hydrogens is 348 g/mol. The van der Waals surface area contributed by atoms with Gasteiger partial charge in [0.2, 0.25) is 12.7 Å². The second-order valence-electron chi connectivity index (χ2n) is 6.24. The van der Waals surface area contributed by atoms with Crippen LogP contribution in [0.15, 0.2) is 46.9 Å². The van der Waals surface area contributed by atoms with Gasteiger partial charge in [-0.2, -0.15) is 0 Å². The van der Waals surface area contributed by atoms with Gasteiger partial charge < -0.3 is 13.9 Å². The van der Waals surface area contributed by atoms with E-state index < -0.39 is 5.91 Å². The zero-order valence-corrected chi connectivity index (χ0v) is 14.7. The maximum atomic E-state index is 12.3. The maximum absolute atomic E-state index is 12.3. The number of amides is 2. The van der Waals surface area contributed by atoms with Crippen LogP contribution in [-0.4, -0.2) is 18.6 Å². The lowest BCUT2D eigenvalue weighted by atomic mass is 10.1. The molecule has 0 aliphatic carbocycles. The minimum Gasteiger partial charge on any atom is -0.454 e. The topological polar surface area (TPSA) is 89.8 Å². The third-order valence-corrected chi connectivity index (χ3v) is 4.44. The van der Waals surface area contributed by atoms with Gasteiger partial charge in [-0.05, 0) is 37.1 Å². The van der Waals surface area contributed by atoms with E-state index in [1.54, 1.807) is 6.07 Å². The molecule has 2 amide bonds. The summed E-state index contributed by atoms with van der Waals surface area (Å²) in [7, 11) is 0. The van der Waals surface area contributed by atoms with Crippen molar-refractivity contribution in [1.82, 2.24) is 10.9 Å². The second-order valence-corrected chi connectivity index (χ2v) is 6.24.